The van der Waals surface area contributed by atoms with Crippen LogP contribution in [0.5, 0.6) is 0 Å². The van der Waals surface area contributed by atoms with Gasteiger partial charge in [-0.05, 0) is 23.6 Å². The topological polar surface area (TPSA) is 59.0 Å². The molecule has 1 aliphatic rings. The quantitative estimate of drug-likeness (QED) is 0.569. The van der Waals surface area contributed by atoms with Crippen LogP contribution in [-0.2, 0) is 0 Å². The third kappa shape index (κ3) is 3.69. The van der Waals surface area contributed by atoms with Gasteiger partial charge in [0.2, 0.25) is 0 Å². The number of anilines is 2. The molecule has 1 aromatic carbocycles. The Morgan fingerprint density at radius 1 is 1.28 bits per heavy atom. The molecule has 1 aliphatic heterocycles. The van der Waals surface area contributed by atoms with Crippen LogP contribution in [0.15, 0.2) is 41.9 Å². The van der Waals surface area contributed by atoms with Gasteiger partial charge in [-0.15, -0.1) is 11.3 Å². The molecule has 0 fully saturated rings. The number of alkyl halides is 3. The minimum Gasteiger partial charge on any atom is -0.362 e. The molecule has 4 rings (SSSR count). The smallest absolute Gasteiger partial charge is 0.362 e. The van der Waals surface area contributed by atoms with Crippen molar-refractivity contribution in [1.82, 2.24) is 9.78 Å². The van der Waals surface area contributed by atoms with Gasteiger partial charge in [0.1, 0.15) is 23.0 Å². The zero-order chi connectivity index (χ0) is 20.8. The summed E-state index contributed by atoms with van der Waals surface area (Å²) in [4.78, 5) is 13.3. The van der Waals surface area contributed by atoms with Crippen molar-refractivity contribution < 1.29 is 26.7 Å². The van der Waals surface area contributed by atoms with E-state index in [-0.39, 0.29) is 23.5 Å². The maximum atomic E-state index is 13.8. The molecule has 3 heterocycles. The van der Waals surface area contributed by atoms with Gasteiger partial charge >= 0.3 is 6.18 Å². The van der Waals surface area contributed by atoms with E-state index in [1.54, 1.807) is 17.5 Å². The molecule has 0 aliphatic carbocycles. The average Bonchev–Trinajstić information content (AvgIpc) is 3.31. The molecule has 2 atom stereocenters. The molecule has 5 nitrogen and oxygen atoms in total. The Bertz CT molecular complexity index is 1050. The summed E-state index contributed by atoms with van der Waals surface area (Å²) in [6.07, 6.45) is -3.86. The van der Waals surface area contributed by atoms with E-state index in [9.17, 15) is 26.7 Å². The largest absolute Gasteiger partial charge is 0.410 e. The summed E-state index contributed by atoms with van der Waals surface area (Å²) in [7, 11) is 0. The summed E-state index contributed by atoms with van der Waals surface area (Å²) >= 11 is 1.29. The number of rotatable bonds is 3. The van der Waals surface area contributed by atoms with Crippen molar-refractivity contribution in [3.63, 3.8) is 0 Å². The summed E-state index contributed by atoms with van der Waals surface area (Å²) in [5.74, 6) is -2.80. The first-order valence-electron chi connectivity index (χ1n) is 8.44. The fraction of sp³-hybridized carbons (Fsp3) is 0.222. The van der Waals surface area contributed by atoms with Gasteiger partial charge in [0.25, 0.3) is 5.91 Å². The molecule has 0 saturated carbocycles. The molecule has 2 N–H and O–H groups in total. The van der Waals surface area contributed by atoms with Crippen LogP contribution in [0.3, 0.4) is 0 Å². The lowest BCUT2D eigenvalue weighted by atomic mass is 10.0. The van der Waals surface area contributed by atoms with Gasteiger partial charge in [0, 0.05) is 17.4 Å². The molecule has 0 saturated heterocycles. The monoisotopic (exact) mass is 428 g/mol. The second-order valence-electron chi connectivity index (χ2n) is 6.44. The van der Waals surface area contributed by atoms with E-state index in [4.69, 9.17) is 0 Å². The number of halogens is 5. The zero-order valence-corrected chi connectivity index (χ0v) is 15.3. The third-order valence-electron chi connectivity index (χ3n) is 4.55. The van der Waals surface area contributed by atoms with Gasteiger partial charge in [0.15, 0.2) is 6.04 Å². The highest BCUT2D eigenvalue weighted by molar-refractivity contribution is 7.10. The first kappa shape index (κ1) is 19.4. The predicted octanol–water partition coefficient (Wildman–Crippen LogP) is 5.14. The van der Waals surface area contributed by atoms with Crippen LogP contribution in [-0.4, -0.2) is 21.9 Å². The van der Waals surface area contributed by atoms with Crippen molar-refractivity contribution in [3.8, 4) is 0 Å². The second kappa shape index (κ2) is 7.14. The maximum Gasteiger partial charge on any atom is 0.410 e. The SMILES string of the molecule is O=C(Nc1ccc(F)cc1F)c1cnn2c1N[C@@H](c1cccs1)C[C@@H]2C(F)(F)F. The van der Waals surface area contributed by atoms with Gasteiger partial charge in [-0.25, -0.2) is 13.5 Å². The number of thiophene rings is 1. The van der Waals surface area contributed by atoms with E-state index in [0.29, 0.717) is 10.9 Å². The summed E-state index contributed by atoms with van der Waals surface area (Å²) < 4.78 is 68.4. The summed E-state index contributed by atoms with van der Waals surface area (Å²) in [6, 6.07) is 3.41. The Labute approximate surface area is 165 Å². The fourth-order valence-electron chi connectivity index (χ4n) is 3.19. The minimum atomic E-state index is -4.57. The molecule has 0 unspecified atom stereocenters. The highest BCUT2D eigenvalue weighted by Gasteiger charge is 2.47. The van der Waals surface area contributed by atoms with Crippen molar-refractivity contribution in [3.05, 3.63) is 64.0 Å². The molecule has 152 valence electrons. The number of carbonyl (C=O) groups is 1. The van der Waals surface area contributed by atoms with E-state index < -0.39 is 35.8 Å². The lowest BCUT2D eigenvalue weighted by Crippen LogP contribution is -2.36. The Balaban J connectivity index is 1.69. The number of hydrogen-bond donors (Lipinski definition) is 2. The number of aromatic nitrogens is 2. The molecule has 29 heavy (non-hydrogen) atoms. The molecule has 3 aromatic rings. The van der Waals surface area contributed by atoms with Crippen molar-refractivity contribution in [2.24, 2.45) is 0 Å². The second-order valence-corrected chi connectivity index (χ2v) is 7.41. The van der Waals surface area contributed by atoms with Crippen LogP contribution in [0, 0.1) is 11.6 Å². The van der Waals surface area contributed by atoms with Crippen LogP contribution in [0.25, 0.3) is 0 Å². The molecular formula is C18H13F5N4OS. The van der Waals surface area contributed by atoms with Gasteiger partial charge < -0.3 is 10.6 Å². The first-order valence-corrected chi connectivity index (χ1v) is 9.32. The number of fused-ring (bicyclic) bond motifs is 1. The maximum absolute atomic E-state index is 13.8. The summed E-state index contributed by atoms with van der Waals surface area (Å²) in [5.41, 5.74) is -0.474. The standard InChI is InChI=1S/C18H13F5N4OS/c19-9-3-4-12(11(20)6-9)26-17(28)10-8-24-27-15(18(21,22)23)7-13(25-16(10)27)14-2-1-5-29-14/h1-6,8,13,15,25H,7H2,(H,26,28)/t13-,15-/m1/s1. The number of carbonyl (C=O) groups excluding carboxylic acids is 1. The number of benzene rings is 1. The minimum absolute atomic E-state index is 0.114. The molecule has 0 radical (unpaired) electrons. The highest BCUT2D eigenvalue weighted by atomic mass is 32.1. The molecule has 0 spiro atoms. The Hall–Kier alpha value is -2.95. The van der Waals surface area contributed by atoms with E-state index in [1.165, 1.54) is 11.3 Å². The van der Waals surface area contributed by atoms with E-state index in [1.807, 2.05) is 0 Å². The van der Waals surface area contributed by atoms with E-state index >= 15 is 0 Å². The molecule has 11 heteroatoms. The van der Waals surface area contributed by atoms with Crippen LogP contribution in [0.2, 0.25) is 0 Å². The van der Waals surface area contributed by atoms with Gasteiger partial charge in [-0.3, -0.25) is 4.79 Å². The Kier molecular flexibility index (Phi) is 4.77. The van der Waals surface area contributed by atoms with Crippen LogP contribution in [0.1, 0.15) is 33.7 Å². The average molecular weight is 428 g/mol. The van der Waals surface area contributed by atoms with Crippen molar-refractivity contribution >= 4 is 28.7 Å². The van der Waals surface area contributed by atoms with Crippen molar-refractivity contribution in [2.75, 3.05) is 10.6 Å². The molecular weight excluding hydrogens is 415 g/mol. The number of nitrogens with one attached hydrogen (secondary N) is 2. The first-order chi connectivity index (χ1) is 13.7. The summed E-state index contributed by atoms with van der Waals surface area (Å²) in [5, 5.41) is 10.7. The highest BCUT2D eigenvalue weighted by Crippen LogP contribution is 2.45. The summed E-state index contributed by atoms with van der Waals surface area (Å²) in [6.45, 7) is 0. The van der Waals surface area contributed by atoms with Crippen LogP contribution in [0.4, 0.5) is 33.5 Å². The van der Waals surface area contributed by atoms with Crippen LogP contribution >= 0.6 is 11.3 Å². The molecule has 0 bridgehead atoms. The van der Waals surface area contributed by atoms with Gasteiger partial charge in [0.05, 0.1) is 17.9 Å². The predicted molar refractivity (Wildman–Crippen MR) is 96.9 cm³/mol. The Morgan fingerprint density at radius 2 is 2.07 bits per heavy atom. The normalized spacial score (nSPS) is 18.8. The third-order valence-corrected chi connectivity index (χ3v) is 5.53. The van der Waals surface area contributed by atoms with Crippen molar-refractivity contribution in [1.29, 1.82) is 0 Å². The van der Waals surface area contributed by atoms with Gasteiger partial charge in [-0.2, -0.15) is 18.3 Å². The van der Waals surface area contributed by atoms with Gasteiger partial charge in [-0.1, -0.05) is 6.07 Å². The zero-order valence-electron chi connectivity index (χ0n) is 14.5. The number of amides is 1. The van der Waals surface area contributed by atoms with Crippen molar-refractivity contribution in [2.45, 2.75) is 24.7 Å². The number of nitrogens with zero attached hydrogens (tertiary/aromatic N) is 2. The lowest BCUT2D eigenvalue weighted by Gasteiger charge is -2.33. The Morgan fingerprint density at radius 3 is 2.72 bits per heavy atom. The van der Waals surface area contributed by atoms with Crippen LogP contribution < -0.4 is 10.6 Å². The lowest BCUT2D eigenvalue weighted by molar-refractivity contribution is -0.173. The fourth-order valence-corrected chi connectivity index (χ4v) is 3.98. The van der Waals surface area contributed by atoms with E-state index in [2.05, 4.69) is 15.7 Å². The van der Waals surface area contributed by atoms with E-state index in [0.717, 1.165) is 23.0 Å². The molecule has 2 aromatic heterocycles. The number of hydrogen-bond acceptors (Lipinski definition) is 4. The molecule has 1 amide bonds.